The van der Waals surface area contributed by atoms with Crippen LogP contribution in [0.4, 0.5) is 26.1 Å². The maximum absolute atomic E-state index is 12.8. The summed E-state index contributed by atoms with van der Waals surface area (Å²) in [6, 6.07) is 0. The van der Waals surface area contributed by atoms with E-state index in [9.17, 15) is 30.7 Å². The van der Waals surface area contributed by atoms with Crippen LogP contribution >= 0.6 is 7.68 Å². The van der Waals surface area contributed by atoms with E-state index in [0.717, 1.165) is 0 Å². The summed E-state index contributed by atoms with van der Waals surface area (Å²) >= 11 is 0. The zero-order chi connectivity index (χ0) is 13.2. The Morgan fingerprint density at radius 2 is 1.75 bits per heavy atom. The van der Waals surface area contributed by atoms with Crippen LogP contribution in [0, 0.1) is 0 Å². The Morgan fingerprint density at radius 1 is 1.31 bits per heavy atom. The van der Waals surface area contributed by atoms with Crippen molar-refractivity contribution in [3.63, 3.8) is 0 Å². The summed E-state index contributed by atoms with van der Waals surface area (Å²) < 4.78 is 85.2. The number of hydrogen-bond donors (Lipinski definition) is 1. The summed E-state index contributed by atoms with van der Waals surface area (Å²) in [4.78, 5) is 7.85. The molecule has 0 heterocycles. The molecule has 2 nitrogen and oxygen atoms in total. The lowest BCUT2D eigenvalue weighted by atomic mass is 10.1. The Balaban J connectivity index is 4.96. The van der Waals surface area contributed by atoms with Crippen molar-refractivity contribution in [2.24, 2.45) is 0 Å². The first-order valence-corrected chi connectivity index (χ1v) is 5.95. The highest BCUT2D eigenvalue weighted by molar-refractivity contribution is 7.53. The quantitative estimate of drug-likeness (QED) is 0.588. The van der Waals surface area contributed by atoms with Gasteiger partial charge in [-0.3, -0.25) is 0 Å². The van der Waals surface area contributed by atoms with Gasteiger partial charge in [0.05, 0.1) is 0 Å². The fraction of sp³-hybridized carbons (Fsp3) is 1.00. The number of alkyl halides is 5. The van der Waals surface area contributed by atoms with Crippen LogP contribution in [0.5, 0.6) is 0 Å². The summed E-state index contributed by atoms with van der Waals surface area (Å²) in [5.74, 6) is -5.50. The van der Waals surface area contributed by atoms with Gasteiger partial charge in [-0.1, -0.05) is 19.8 Å². The third kappa shape index (κ3) is 2.91. The summed E-state index contributed by atoms with van der Waals surface area (Å²) in [5.41, 5.74) is -5.91. The molecule has 0 fully saturated rings. The molecule has 0 saturated heterocycles. The molecule has 0 aromatic rings. The summed E-state index contributed by atoms with van der Waals surface area (Å²) in [6.07, 6.45) is -4.14. The van der Waals surface area contributed by atoms with Crippen molar-refractivity contribution in [1.29, 1.82) is 0 Å². The van der Waals surface area contributed by atoms with Gasteiger partial charge < -0.3 is 4.89 Å². The van der Waals surface area contributed by atoms with Gasteiger partial charge in [-0.2, -0.15) is 21.8 Å². The van der Waals surface area contributed by atoms with Gasteiger partial charge in [0.1, 0.15) is 0 Å². The first-order valence-electron chi connectivity index (χ1n) is 4.40. The fourth-order valence-corrected chi connectivity index (χ4v) is 1.44. The molecule has 0 aliphatic rings. The lowest BCUT2D eigenvalue weighted by Gasteiger charge is -2.28. The Morgan fingerprint density at radius 3 is 2.06 bits per heavy atom. The van der Waals surface area contributed by atoms with E-state index in [4.69, 9.17) is 4.89 Å². The van der Waals surface area contributed by atoms with E-state index in [2.05, 4.69) is 0 Å². The SMILES string of the molecule is CCCCC(F)C(F)(F)C(F)(F)P(=O)(O)F. The maximum Gasteiger partial charge on any atom is 0.439 e. The first kappa shape index (κ1) is 15.8. The fourth-order valence-electron chi connectivity index (χ4n) is 0.937. The van der Waals surface area contributed by atoms with E-state index in [1.54, 1.807) is 0 Å². The molecular weight excluding hydrogens is 261 g/mol. The smallest absolute Gasteiger partial charge is 0.317 e. The van der Waals surface area contributed by atoms with Gasteiger partial charge in [0.25, 0.3) is 0 Å². The van der Waals surface area contributed by atoms with Crippen LogP contribution in [0.25, 0.3) is 0 Å². The molecule has 0 spiro atoms. The molecule has 16 heavy (non-hydrogen) atoms. The van der Waals surface area contributed by atoms with E-state index < -0.39 is 31.9 Å². The highest BCUT2D eigenvalue weighted by atomic mass is 31.2. The third-order valence-electron chi connectivity index (χ3n) is 1.95. The molecule has 2 unspecified atom stereocenters. The number of unbranched alkanes of at least 4 members (excludes halogenated alkanes) is 1. The van der Waals surface area contributed by atoms with E-state index in [0.29, 0.717) is 0 Å². The van der Waals surface area contributed by atoms with Gasteiger partial charge in [-0.05, 0) is 6.42 Å². The van der Waals surface area contributed by atoms with Crippen molar-refractivity contribution >= 4 is 7.68 Å². The second kappa shape index (κ2) is 4.96. The van der Waals surface area contributed by atoms with Crippen LogP contribution in [0.15, 0.2) is 0 Å². The average molecular weight is 272 g/mol. The average Bonchev–Trinajstić information content (AvgIpc) is 2.11. The molecule has 0 aromatic heterocycles. The molecular formula is C7H11F6O2P. The minimum atomic E-state index is -6.90. The van der Waals surface area contributed by atoms with Crippen LogP contribution in [0.2, 0.25) is 0 Å². The molecule has 1 N–H and O–H groups in total. The predicted molar refractivity (Wildman–Crippen MR) is 45.2 cm³/mol. The van der Waals surface area contributed by atoms with Gasteiger partial charge >= 0.3 is 19.3 Å². The Labute approximate surface area is 88.2 Å². The van der Waals surface area contributed by atoms with Gasteiger partial charge in [0, 0.05) is 0 Å². The zero-order valence-electron chi connectivity index (χ0n) is 8.27. The minimum Gasteiger partial charge on any atom is -0.317 e. The number of hydrogen-bond acceptors (Lipinski definition) is 1. The van der Waals surface area contributed by atoms with Gasteiger partial charge in [-0.25, -0.2) is 8.96 Å². The van der Waals surface area contributed by atoms with Crippen molar-refractivity contribution in [2.75, 3.05) is 0 Å². The zero-order valence-corrected chi connectivity index (χ0v) is 9.16. The summed E-state index contributed by atoms with van der Waals surface area (Å²) in [7, 11) is -6.90. The van der Waals surface area contributed by atoms with Gasteiger partial charge in [0.15, 0.2) is 6.17 Å². The Bertz CT molecular complexity index is 276. The molecule has 9 heteroatoms. The van der Waals surface area contributed by atoms with E-state index in [1.165, 1.54) is 6.92 Å². The van der Waals surface area contributed by atoms with Crippen molar-refractivity contribution in [2.45, 2.75) is 43.9 Å². The Hall–Kier alpha value is -0.230. The van der Waals surface area contributed by atoms with Gasteiger partial charge in [-0.15, -0.1) is 0 Å². The summed E-state index contributed by atoms with van der Waals surface area (Å²) in [6.45, 7) is 1.51. The number of halogens is 6. The Kier molecular flexibility index (Phi) is 4.89. The monoisotopic (exact) mass is 272 g/mol. The second-order valence-corrected chi connectivity index (χ2v) is 4.84. The topological polar surface area (TPSA) is 37.3 Å². The minimum absolute atomic E-state index is 0.116. The van der Waals surface area contributed by atoms with E-state index in [-0.39, 0.29) is 12.8 Å². The van der Waals surface area contributed by atoms with Crippen molar-refractivity contribution in [1.82, 2.24) is 0 Å². The lowest BCUT2D eigenvalue weighted by Crippen LogP contribution is -2.47. The highest BCUT2D eigenvalue weighted by Gasteiger charge is 2.72. The van der Waals surface area contributed by atoms with Crippen molar-refractivity contribution in [3.8, 4) is 0 Å². The molecule has 0 aromatic carbocycles. The van der Waals surface area contributed by atoms with Gasteiger partial charge in [0.2, 0.25) is 0 Å². The predicted octanol–water partition coefficient (Wildman–Crippen LogP) is 3.90. The molecule has 0 amide bonds. The largest absolute Gasteiger partial charge is 0.439 e. The van der Waals surface area contributed by atoms with Crippen molar-refractivity contribution < 1.29 is 35.6 Å². The molecule has 98 valence electrons. The molecule has 0 aliphatic heterocycles. The van der Waals surface area contributed by atoms with E-state index in [1.807, 2.05) is 0 Å². The molecule has 0 aliphatic carbocycles. The third-order valence-corrected chi connectivity index (χ3v) is 2.94. The molecule has 0 rings (SSSR count). The van der Waals surface area contributed by atoms with Crippen LogP contribution in [-0.4, -0.2) is 22.7 Å². The molecule has 0 radical (unpaired) electrons. The van der Waals surface area contributed by atoms with E-state index >= 15 is 0 Å². The standard InChI is InChI=1S/C7H11F6O2P/c1-2-3-4-5(8)6(9,10)7(11,12)16(13,14)15/h5H,2-4H2,1H3,(H,14,15). The highest BCUT2D eigenvalue weighted by Crippen LogP contribution is 2.65. The maximum atomic E-state index is 12.8. The second-order valence-electron chi connectivity index (χ2n) is 3.28. The molecule has 0 bridgehead atoms. The van der Waals surface area contributed by atoms with Crippen LogP contribution in [0.1, 0.15) is 26.2 Å². The van der Waals surface area contributed by atoms with Crippen LogP contribution < -0.4 is 0 Å². The van der Waals surface area contributed by atoms with Crippen LogP contribution in [-0.2, 0) is 4.57 Å². The summed E-state index contributed by atoms with van der Waals surface area (Å²) in [5, 5.41) is 0. The first-order chi connectivity index (χ1) is 6.98. The molecule has 2 atom stereocenters. The number of rotatable bonds is 6. The normalized spacial score (nSPS) is 19.2. The molecule has 0 saturated carbocycles. The van der Waals surface area contributed by atoms with Crippen LogP contribution in [0.3, 0.4) is 0 Å². The lowest BCUT2D eigenvalue weighted by molar-refractivity contribution is -0.202. The van der Waals surface area contributed by atoms with Crippen molar-refractivity contribution in [3.05, 3.63) is 0 Å².